The SMILES string of the molecule is CC.CCC12CCC1CC2N.CCCCCCCCC(/C=C/c1ccc(C)cc1)=C(C)\C=C(/C)C(CC)CC(C)=S. The van der Waals surface area contributed by atoms with Crippen LogP contribution in [-0.4, -0.2) is 10.9 Å². The number of hydrogen-bond acceptors (Lipinski definition) is 2. The van der Waals surface area contributed by atoms with Crippen LogP contribution in [0.3, 0.4) is 0 Å². The summed E-state index contributed by atoms with van der Waals surface area (Å²) in [5.41, 5.74) is 13.5. The number of aryl methyl sites for hydroxylation is 1. The number of unbranched alkanes of at least 4 members (excludes halogenated alkanes) is 5. The van der Waals surface area contributed by atoms with Gasteiger partial charge in [-0.25, -0.2) is 0 Å². The molecule has 0 spiro atoms. The zero-order chi connectivity index (χ0) is 30.8. The molecule has 232 valence electrons. The molecule has 0 bridgehead atoms. The molecule has 0 saturated heterocycles. The van der Waals surface area contributed by atoms with Crippen molar-refractivity contribution in [1.29, 1.82) is 0 Å². The molecule has 0 aliphatic heterocycles. The van der Waals surface area contributed by atoms with Gasteiger partial charge in [-0.05, 0) is 118 Å². The molecular formula is C39H65NS. The first kappa shape index (κ1) is 37.5. The van der Waals surface area contributed by atoms with Crippen LogP contribution in [0.4, 0.5) is 0 Å². The zero-order valence-electron chi connectivity index (χ0n) is 28.5. The van der Waals surface area contributed by atoms with Crippen molar-refractivity contribution < 1.29 is 0 Å². The van der Waals surface area contributed by atoms with Crippen LogP contribution in [0.5, 0.6) is 0 Å². The first-order valence-electron chi connectivity index (χ1n) is 17.0. The van der Waals surface area contributed by atoms with Gasteiger partial charge in [0.25, 0.3) is 0 Å². The van der Waals surface area contributed by atoms with Gasteiger partial charge in [-0.15, -0.1) is 0 Å². The maximum Gasteiger partial charge on any atom is 0.0101 e. The Morgan fingerprint density at radius 2 is 1.63 bits per heavy atom. The number of nitrogens with two attached hydrogens (primary N) is 1. The van der Waals surface area contributed by atoms with Crippen molar-refractivity contribution in [3.05, 3.63) is 64.3 Å². The molecule has 4 atom stereocenters. The van der Waals surface area contributed by atoms with Crippen molar-refractivity contribution in [1.82, 2.24) is 0 Å². The highest BCUT2D eigenvalue weighted by atomic mass is 32.1. The van der Waals surface area contributed by atoms with Crippen molar-refractivity contribution in [2.75, 3.05) is 0 Å². The summed E-state index contributed by atoms with van der Waals surface area (Å²) >= 11 is 5.38. The van der Waals surface area contributed by atoms with Crippen LogP contribution in [-0.2, 0) is 0 Å². The average Bonchev–Trinajstić information content (AvgIpc) is 2.96. The summed E-state index contributed by atoms with van der Waals surface area (Å²) in [7, 11) is 0. The molecule has 0 aromatic heterocycles. The van der Waals surface area contributed by atoms with Crippen LogP contribution < -0.4 is 5.73 Å². The highest BCUT2D eigenvalue weighted by molar-refractivity contribution is 7.80. The minimum Gasteiger partial charge on any atom is -0.327 e. The molecule has 3 rings (SSSR count). The second-order valence-corrected chi connectivity index (χ2v) is 13.2. The summed E-state index contributed by atoms with van der Waals surface area (Å²) in [5, 5.41) is 0. The number of allylic oxidation sites excluding steroid dienone is 5. The van der Waals surface area contributed by atoms with Gasteiger partial charge >= 0.3 is 0 Å². The monoisotopic (exact) mass is 579 g/mol. The van der Waals surface area contributed by atoms with Gasteiger partial charge < -0.3 is 5.73 Å². The van der Waals surface area contributed by atoms with Crippen molar-refractivity contribution >= 4 is 23.2 Å². The van der Waals surface area contributed by atoms with Gasteiger partial charge in [0.2, 0.25) is 0 Å². The van der Waals surface area contributed by atoms with Gasteiger partial charge in [-0.1, -0.05) is 133 Å². The molecule has 1 nitrogen and oxygen atoms in total. The Hall–Kier alpha value is -1.51. The topological polar surface area (TPSA) is 26.0 Å². The predicted molar refractivity (Wildman–Crippen MR) is 191 cm³/mol. The molecule has 2 fully saturated rings. The van der Waals surface area contributed by atoms with Crippen molar-refractivity contribution in [3.63, 3.8) is 0 Å². The van der Waals surface area contributed by atoms with E-state index in [0.29, 0.717) is 17.4 Å². The van der Waals surface area contributed by atoms with E-state index in [1.54, 1.807) is 0 Å². The van der Waals surface area contributed by atoms with E-state index in [2.05, 4.69) is 91.0 Å². The van der Waals surface area contributed by atoms with Crippen LogP contribution in [0.15, 0.2) is 53.1 Å². The smallest absolute Gasteiger partial charge is 0.0101 e. The molecule has 2 N–H and O–H groups in total. The second kappa shape index (κ2) is 20.4. The molecule has 2 aliphatic rings. The first-order chi connectivity index (χ1) is 19.7. The summed E-state index contributed by atoms with van der Waals surface area (Å²) in [5.74, 6) is 1.59. The van der Waals surface area contributed by atoms with Crippen LogP contribution in [0.25, 0.3) is 6.08 Å². The van der Waals surface area contributed by atoms with Gasteiger partial charge in [0.15, 0.2) is 0 Å². The highest BCUT2D eigenvalue weighted by Gasteiger charge is 2.57. The van der Waals surface area contributed by atoms with E-state index in [-0.39, 0.29) is 0 Å². The molecule has 2 saturated carbocycles. The van der Waals surface area contributed by atoms with E-state index < -0.39 is 0 Å². The third kappa shape index (κ3) is 12.3. The number of fused-ring (bicyclic) bond motifs is 1. The Balaban J connectivity index is 0.000000628. The van der Waals surface area contributed by atoms with E-state index >= 15 is 0 Å². The Kier molecular flexibility index (Phi) is 18.7. The average molecular weight is 580 g/mol. The fourth-order valence-corrected chi connectivity index (χ4v) is 6.78. The molecule has 0 radical (unpaired) electrons. The first-order valence-corrected chi connectivity index (χ1v) is 17.4. The Morgan fingerprint density at radius 3 is 2.10 bits per heavy atom. The summed E-state index contributed by atoms with van der Waals surface area (Å²) in [6.45, 7) is 19.6. The van der Waals surface area contributed by atoms with E-state index in [1.165, 1.54) is 92.1 Å². The lowest BCUT2D eigenvalue weighted by molar-refractivity contribution is -0.100. The Labute approximate surface area is 261 Å². The van der Waals surface area contributed by atoms with Crippen LogP contribution in [0.2, 0.25) is 0 Å². The summed E-state index contributed by atoms with van der Waals surface area (Å²) < 4.78 is 0. The number of benzene rings is 1. The van der Waals surface area contributed by atoms with E-state index in [0.717, 1.165) is 30.0 Å². The standard InChI is InChI=1S/C29H44S.C8H15N.C2H6/c1-7-9-10-11-12-13-14-29(20-19-27-17-15-23(3)16-18-27)25(5)21-24(4)28(8-2)22-26(6)30;1-2-8-4-3-6(8)5-7(8)9;1-2/h15-21,28H,7-14,22H2,1-6H3;6-7H,2-5,9H2,1H3;1-2H3/b20-19+,24-21+,29-25+;;. The highest BCUT2D eigenvalue weighted by Crippen LogP contribution is 2.61. The second-order valence-electron chi connectivity index (χ2n) is 12.5. The maximum atomic E-state index is 5.91. The molecule has 2 aliphatic carbocycles. The van der Waals surface area contributed by atoms with Gasteiger partial charge in [-0.2, -0.15) is 0 Å². The largest absolute Gasteiger partial charge is 0.327 e. The number of rotatable bonds is 15. The van der Waals surface area contributed by atoms with E-state index in [9.17, 15) is 0 Å². The summed E-state index contributed by atoms with van der Waals surface area (Å²) in [6, 6.07) is 9.35. The number of thiocarbonyl (C=S) groups is 1. The number of hydrogen-bond donors (Lipinski definition) is 1. The molecule has 4 unspecified atom stereocenters. The third-order valence-corrected chi connectivity index (χ3v) is 9.85. The molecule has 1 aromatic carbocycles. The van der Waals surface area contributed by atoms with Gasteiger partial charge in [0, 0.05) is 6.04 Å². The molecule has 2 heteroatoms. The molecule has 41 heavy (non-hydrogen) atoms. The van der Waals surface area contributed by atoms with Crippen molar-refractivity contribution in [2.24, 2.45) is 23.0 Å². The van der Waals surface area contributed by atoms with Crippen LogP contribution in [0.1, 0.15) is 150 Å². The van der Waals surface area contributed by atoms with Crippen molar-refractivity contribution in [3.8, 4) is 0 Å². The van der Waals surface area contributed by atoms with Crippen molar-refractivity contribution in [2.45, 2.75) is 152 Å². The van der Waals surface area contributed by atoms with Crippen LogP contribution >= 0.6 is 12.2 Å². The van der Waals surface area contributed by atoms with E-state index in [4.69, 9.17) is 18.0 Å². The minimum atomic E-state index is 0.557. The van der Waals surface area contributed by atoms with Gasteiger partial charge in [-0.3, -0.25) is 0 Å². The third-order valence-electron chi connectivity index (χ3n) is 9.68. The van der Waals surface area contributed by atoms with Crippen LogP contribution in [0, 0.1) is 24.2 Å². The van der Waals surface area contributed by atoms with E-state index in [1.807, 2.05) is 13.8 Å². The molecular weight excluding hydrogens is 515 g/mol. The minimum absolute atomic E-state index is 0.557. The molecule has 0 heterocycles. The lowest BCUT2D eigenvalue weighted by Gasteiger charge is -2.63. The summed E-state index contributed by atoms with van der Waals surface area (Å²) in [4.78, 5) is 1.11. The fraction of sp³-hybridized carbons (Fsp3) is 0.667. The normalized spacial score (nSPS) is 22.6. The lowest BCUT2D eigenvalue weighted by atomic mass is 9.44. The summed E-state index contributed by atoms with van der Waals surface area (Å²) in [6.07, 6.45) is 23.9. The Morgan fingerprint density at radius 1 is 1.00 bits per heavy atom. The zero-order valence-corrected chi connectivity index (χ0v) is 29.3. The van der Waals surface area contributed by atoms with Gasteiger partial charge in [0.05, 0.1) is 0 Å². The maximum absolute atomic E-state index is 5.91. The predicted octanol–water partition coefficient (Wildman–Crippen LogP) is 12.4. The lowest BCUT2D eigenvalue weighted by Crippen LogP contribution is -2.63. The molecule has 1 aromatic rings. The van der Waals surface area contributed by atoms with Gasteiger partial charge in [0.1, 0.15) is 0 Å². The molecule has 0 amide bonds. The quantitative estimate of drug-likeness (QED) is 0.127. The fourth-order valence-electron chi connectivity index (χ4n) is 6.58. The Bertz CT molecular complexity index is 956.